The first kappa shape index (κ1) is 16.3. The quantitative estimate of drug-likeness (QED) is 0.877. The van der Waals surface area contributed by atoms with Crippen LogP contribution in [-0.2, 0) is 5.66 Å². The van der Waals surface area contributed by atoms with Gasteiger partial charge in [0, 0.05) is 5.56 Å². The van der Waals surface area contributed by atoms with E-state index in [2.05, 4.69) is 15.6 Å². The molecular weight excluding hydrogens is 314 g/mol. The van der Waals surface area contributed by atoms with Crippen molar-refractivity contribution in [3.05, 3.63) is 47.8 Å². The summed E-state index contributed by atoms with van der Waals surface area (Å²) in [4.78, 5) is 12.7. The zero-order valence-corrected chi connectivity index (χ0v) is 14.4. The maximum absolute atomic E-state index is 12.7. The van der Waals surface area contributed by atoms with Crippen LogP contribution in [-0.4, -0.2) is 20.9 Å². The number of aromatic nitrogens is 3. The van der Waals surface area contributed by atoms with Gasteiger partial charge in [0.2, 0.25) is 0 Å². The Morgan fingerprint density at radius 3 is 2.60 bits per heavy atom. The molecule has 6 heteroatoms. The fraction of sp³-hybridized carbons (Fsp3) is 0.526. The normalized spacial score (nSPS) is 20.8. The van der Waals surface area contributed by atoms with Gasteiger partial charge in [-0.1, -0.05) is 42.7 Å². The third-order valence-electron chi connectivity index (χ3n) is 5.49. The minimum absolute atomic E-state index is 0.0559. The Morgan fingerprint density at radius 2 is 1.92 bits per heavy atom. The average Bonchev–Trinajstić information content (AvgIpc) is 3.21. The second-order valence-electron chi connectivity index (χ2n) is 7.41. The molecule has 2 saturated carbocycles. The molecular formula is C19H25N5O. The van der Waals surface area contributed by atoms with Gasteiger partial charge in [-0.25, -0.2) is 4.68 Å². The molecule has 2 fully saturated rings. The first-order chi connectivity index (χ1) is 12.2. The van der Waals surface area contributed by atoms with E-state index in [0.29, 0.717) is 11.5 Å². The van der Waals surface area contributed by atoms with Crippen LogP contribution < -0.4 is 11.1 Å². The number of amides is 1. The number of hydrogen-bond acceptors (Lipinski definition) is 4. The molecule has 1 heterocycles. The average molecular weight is 339 g/mol. The summed E-state index contributed by atoms with van der Waals surface area (Å²) in [5.74, 6) is 0.346. The second-order valence-corrected chi connectivity index (χ2v) is 7.41. The lowest BCUT2D eigenvalue weighted by molar-refractivity contribution is 0.0911. The zero-order chi connectivity index (χ0) is 17.3. The molecule has 2 aliphatic rings. The number of nitrogens with zero attached hydrogens (tertiary/aromatic N) is 3. The summed E-state index contributed by atoms with van der Waals surface area (Å²) in [5, 5.41) is 11.8. The van der Waals surface area contributed by atoms with Gasteiger partial charge in [-0.05, 0) is 43.7 Å². The number of carbonyl (C=O) groups excluding carboxylic acids is 1. The molecule has 0 unspecified atom stereocenters. The Kier molecular flexibility index (Phi) is 4.29. The van der Waals surface area contributed by atoms with Crippen LogP contribution in [0, 0.1) is 5.92 Å². The summed E-state index contributed by atoms with van der Waals surface area (Å²) in [5.41, 5.74) is 7.36. The van der Waals surface area contributed by atoms with Gasteiger partial charge in [0.05, 0.1) is 12.2 Å². The highest BCUT2D eigenvalue weighted by Crippen LogP contribution is 2.38. The number of nitrogens with two attached hydrogens (primary N) is 1. The van der Waals surface area contributed by atoms with E-state index in [0.717, 1.165) is 31.4 Å². The van der Waals surface area contributed by atoms with E-state index in [1.54, 1.807) is 4.68 Å². The first-order valence-electron chi connectivity index (χ1n) is 9.23. The minimum atomic E-state index is -0.369. The highest BCUT2D eigenvalue weighted by Gasteiger charge is 2.42. The molecule has 3 N–H and O–H groups in total. The lowest BCUT2D eigenvalue weighted by Gasteiger charge is -2.29. The second kappa shape index (κ2) is 6.59. The van der Waals surface area contributed by atoms with Crippen LogP contribution in [0.5, 0.6) is 0 Å². The molecule has 1 atom stereocenters. The number of hydrogen-bond donors (Lipinski definition) is 2. The molecule has 1 aromatic carbocycles. The van der Waals surface area contributed by atoms with Crippen molar-refractivity contribution in [2.45, 2.75) is 56.7 Å². The highest BCUT2D eigenvalue weighted by atomic mass is 16.1. The summed E-state index contributed by atoms with van der Waals surface area (Å²) in [6.45, 7) is 0. The maximum Gasteiger partial charge on any atom is 0.251 e. The molecule has 1 amide bonds. The Balaban J connectivity index is 1.57. The van der Waals surface area contributed by atoms with E-state index >= 15 is 0 Å². The van der Waals surface area contributed by atoms with Crippen molar-refractivity contribution in [2.75, 3.05) is 0 Å². The van der Waals surface area contributed by atoms with Crippen LogP contribution in [0.3, 0.4) is 0 Å². The van der Waals surface area contributed by atoms with Gasteiger partial charge < -0.3 is 11.1 Å². The van der Waals surface area contributed by atoms with Crippen LogP contribution in [0.15, 0.2) is 36.5 Å². The predicted molar refractivity (Wildman–Crippen MR) is 94.6 cm³/mol. The largest absolute Gasteiger partial charge is 0.343 e. The van der Waals surface area contributed by atoms with Gasteiger partial charge >= 0.3 is 0 Å². The molecule has 0 saturated heterocycles. The lowest BCUT2D eigenvalue weighted by atomic mass is 9.82. The lowest BCUT2D eigenvalue weighted by Crippen LogP contribution is -2.35. The standard InChI is InChI=1S/C19H25N5O/c20-19(11-12-19)24-13-16(22-23-24)17(14-7-3-1-4-8-14)21-18(25)15-9-5-2-6-10-15/h2,5-6,9-10,13-14,17H,1,3-4,7-8,11-12,20H2,(H,21,25)/t17-/m0/s1. The van der Waals surface area contributed by atoms with Gasteiger partial charge in [0.15, 0.2) is 0 Å². The van der Waals surface area contributed by atoms with Crippen molar-refractivity contribution in [3.63, 3.8) is 0 Å². The van der Waals surface area contributed by atoms with E-state index in [4.69, 9.17) is 5.73 Å². The highest BCUT2D eigenvalue weighted by molar-refractivity contribution is 5.94. The summed E-state index contributed by atoms with van der Waals surface area (Å²) in [6.07, 6.45) is 9.70. The van der Waals surface area contributed by atoms with Crippen molar-refractivity contribution in [3.8, 4) is 0 Å². The predicted octanol–water partition coefficient (Wildman–Crippen LogP) is 2.73. The van der Waals surface area contributed by atoms with E-state index in [1.165, 1.54) is 19.3 Å². The van der Waals surface area contributed by atoms with Crippen molar-refractivity contribution >= 4 is 5.91 Å². The van der Waals surface area contributed by atoms with Gasteiger partial charge in [0.1, 0.15) is 11.4 Å². The van der Waals surface area contributed by atoms with Crippen molar-refractivity contribution in [2.24, 2.45) is 11.7 Å². The fourth-order valence-electron chi connectivity index (χ4n) is 3.71. The van der Waals surface area contributed by atoms with E-state index in [9.17, 15) is 4.79 Å². The third kappa shape index (κ3) is 3.44. The first-order valence-corrected chi connectivity index (χ1v) is 9.23. The molecule has 0 bridgehead atoms. The SMILES string of the molecule is NC1(n2cc([C@@H](NC(=O)c3ccccc3)C3CCCCC3)nn2)CC1. The molecule has 2 aromatic rings. The summed E-state index contributed by atoms with van der Waals surface area (Å²) in [7, 11) is 0. The smallest absolute Gasteiger partial charge is 0.251 e. The van der Waals surface area contributed by atoms with Gasteiger partial charge in [-0.2, -0.15) is 0 Å². The summed E-state index contributed by atoms with van der Waals surface area (Å²) in [6, 6.07) is 9.24. The Bertz CT molecular complexity index is 731. The zero-order valence-electron chi connectivity index (χ0n) is 14.4. The van der Waals surface area contributed by atoms with E-state index in [1.807, 2.05) is 36.5 Å². The number of rotatable bonds is 5. The van der Waals surface area contributed by atoms with Crippen molar-refractivity contribution in [1.29, 1.82) is 0 Å². The Morgan fingerprint density at radius 1 is 1.20 bits per heavy atom. The molecule has 0 spiro atoms. The van der Waals surface area contributed by atoms with Crippen LogP contribution in [0.2, 0.25) is 0 Å². The Labute approximate surface area is 147 Å². The summed E-state index contributed by atoms with van der Waals surface area (Å²) >= 11 is 0. The van der Waals surface area contributed by atoms with Gasteiger partial charge in [0.25, 0.3) is 5.91 Å². The van der Waals surface area contributed by atoms with E-state index < -0.39 is 0 Å². The maximum atomic E-state index is 12.7. The van der Waals surface area contributed by atoms with Gasteiger partial charge in [-0.3, -0.25) is 4.79 Å². The molecule has 132 valence electrons. The molecule has 4 rings (SSSR count). The summed E-state index contributed by atoms with van der Waals surface area (Å²) < 4.78 is 1.77. The van der Waals surface area contributed by atoms with Crippen LogP contribution in [0.1, 0.15) is 67.0 Å². The molecule has 6 nitrogen and oxygen atoms in total. The van der Waals surface area contributed by atoms with E-state index in [-0.39, 0.29) is 17.6 Å². The monoisotopic (exact) mass is 339 g/mol. The van der Waals surface area contributed by atoms with Crippen LogP contribution in [0.4, 0.5) is 0 Å². The van der Waals surface area contributed by atoms with Crippen LogP contribution in [0.25, 0.3) is 0 Å². The Hall–Kier alpha value is -2.21. The topological polar surface area (TPSA) is 85.8 Å². The minimum Gasteiger partial charge on any atom is -0.343 e. The third-order valence-corrected chi connectivity index (χ3v) is 5.49. The molecule has 0 aliphatic heterocycles. The number of benzene rings is 1. The van der Waals surface area contributed by atoms with Crippen molar-refractivity contribution in [1.82, 2.24) is 20.3 Å². The molecule has 25 heavy (non-hydrogen) atoms. The molecule has 2 aliphatic carbocycles. The fourth-order valence-corrected chi connectivity index (χ4v) is 3.71. The number of nitrogens with one attached hydrogen (secondary N) is 1. The number of carbonyl (C=O) groups is 1. The molecule has 1 aromatic heterocycles. The molecule has 0 radical (unpaired) electrons. The van der Waals surface area contributed by atoms with Gasteiger partial charge in [-0.15, -0.1) is 5.10 Å². The van der Waals surface area contributed by atoms with Crippen molar-refractivity contribution < 1.29 is 4.79 Å². The van der Waals surface area contributed by atoms with Crippen LogP contribution >= 0.6 is 0 Å².